The van der Waals surface area contributed by atoms with Crippen LogP contribution < -0.4 is 10.6 Å². The number of carbonyl (C=O) groups is 3. The molecule has 0 radical (unpaired) electrons. The largest absolute Gasteiger partial charge is 0.444 e. The second-order valence-corrected chi connectivity index (χ2v) is 10.4. The summed E-state index contributed by atoms with van der Waals surface area (Å²) in [6.45, 7) is 6.40. The summed E-state index contributed by atoms with van der Waals surface area (Å²) in [5.74, 6) is -1.23. The first kappa shape index (κ1) is 27.1. The molecule has 2 aliphatic rings. The van der Waals surface area contributed by atoms with Crippen molar-refractivity contribution in [3.8, 4) is 17.2 Å². The van der Waals surface area contributed by atoms with E-state index >= 15 is 4.39 Å². The first-order valence-corrected chi connectivity index (χ1v) is 12.5. The fraction of sp³-hybridized carbons (Fsp3) is 0.429. The van der Waals surface area contributed by atoms with E-state index in [0.29, 0.717) is 36.2 Å². The summed E-state index contributed by atoms with van der Waals surface area (Å²) in [6, 6.07) is 11.1. The first-order chi connectivity index (χ1) is 18.0. The van der Waals surface area contributed by atoms with Crippen LogP contribution in [0.4, 0.5) is 9.18 Å². The summed E-state index contributed by atoms with van der Waals surface area (Å²) in [7, 11) is 0. The van der Waals surface area contributed by atoms with Crippen molar-refractivity contribution >= 4 is 17.9 Å². The van der Waals surface area contributed by atoms with Gasteiger partial charge in [-0.15, -0.1) is 0 Å². The topological polar surface area (TPSA) is 121 Å². The van der Waals surface area contributed by atoms with Crippen LogP contribution in [-0.4, -0.2) is 60.3 Å². The van der Waals surface area contributed by atoms with E-state index in [-0.39, 0.29) is 31.0 Å². The van der Waals surface area contributed by atoms with Crippen LogP contribution in [0.2, 0.25) is 0 Å². The Morgan fingerprint density at radius 2 is 2.00 bits per heavy atom. The molecule has 2 aromatic rings. The predicted molar refractivity (Wildman–Crippen MR) is 136 cm³/mol. The first-order valence-electron chi connectivity index (χ1n) is 12.5. The zero-order valence-corrected chi connectivity index (χ0v) is 21.7. The lowest BCUT2D eigenvalue weighted by Gasteiger charge is -2.27. The van der Waals surface area contributed by atoms with Gasteiger partial charge in [0.1, 0.15) is 17.5 Å². The number of nitrogens with one attached hydrogen (secondary N) is 2. The predicted octanol–water partition coefficient (Wildman–Crippen LogP) is 3.31. The van der Waals surface area contributed by atoms with E-state index in [0.717, 1.165) is 5.56 Å². The van der Waals surface area contributed by atoms with Crippen molar-refractivity contribution < 1.29 is 28.2 Å². The number of nitriles is 1. The number of rotatable bonds is 5. The van der Waals surface area contributed by atoms with Gasteiger partial charge in [-0.05, 0) is 61.6 Å². The molecule has 0 saturated carbocycles. The fourth-order valence-corrected chi connectivity index (χ4v) is 4.37. The Morgan fingerprint density at radius 3 is 2.71 bits per heavy atom. The highest BCUT2D eigenvalue weighted by molar-refractivity contribution is 5.99. The second-order valence-electron chi connectivity index (χ2n) is 10.4. The summed E-state index contributed by atoms with van der Waals surface area (Å²) in [6.07, 6.45) is -1.03. The normalized spacial score (nSPS) is 18.0. The van der Waals surface area contributed by atoms with Crippen molar-refractivity contribution in [1.82, 2.24) is 15.5 Å². The third-order valence-electron chi connectivity index (χ3n) is 6.30. The molecule has 4 rings (SSSR count). The Morgan fingerprint density at radius 1 is 1.26 bits per heavy atom. The number of halogens is 1. The Hall–Kier alpha value is -3.97. The van der Waals surface area contributed by atoms with E-state index in [1.165, 1.54) is 11.0 Å². The molecule has 38 heavy (non-hydrogen) atoms. The van der Waals surface area contributed by atoms with Gasteiger partial charge >= 0.3 is 6.09 Å². The summed E-state index contributed by atoms with van der Waals surface area (Å²) < 4.78 is 26.1. The SMILES string of the molecule is CC(C)(C)OC(=O)N1CCCO[C@H](C(=O)NC(C#N)Cc2ccc(-c3ccc4c(c3)C(=O)NC4)cc2F)C1. The summed E-state index contributed by atoms with van der Waals surface area (Å²) in [5.41, 5.74) is 2.36. The van der Waals surface area contributed by atoms with Crippen LogP contribution in [0, 0.1) is 17.1 Å². The Labute approximate surface area is 220 Å². The average molecular weight is 523 g/mol. The number of ether oxygens (including phenoxy) is 2. The minimum atomic E-state index is -1.01. The highest BCUT2D eigenvalue weighted by Crippen LogP contribution is 2.27. The molecule has 2 heterocycles. The van der Waals surface area contributed by atoms with Gasteiger partial charge in [-0.1, -0.05) is 24.3 Å². The van der Waals surface area contributed by atoms with Crippen molar-refractivity contribution in [2.45, 2.75) is 57.9 Å². The Balaban J connectivity index is 1.40. The molecule has 2 aromatic carbocycles. The molecule has 0 spiro atoms. The third-order valence-corrected chi connectivity index (χ3v) is 6.30. The van der Waals surface area contributed by atoms with Crippen LogP contribution in [0.15, 0.2) is 36.4 Å². The zero-order chi connectivity index (χ0) is 27.4. The maximum Gasteiger partial charge on any atom is 0.410 e. The lowest BCUT2D eigenvalue weighted by Crippen LogP contribution is -2.48. The zero-order valence-electron chi connectivity index (χ0n) is 21.7. The van der Waals surface area contributed by atoms with Crippen molar-refractivity contribution in [1.29, 1.82) is 5.26 Å². The maximum atomic E-state index is 15.0. The van der Waals surface area contributed by atoms with Gasteiger partial charge in [0.05, 0.1) is 12.6 Å². The number of carbonyl (C=O) groups excluding carboxylic acids is 3. The van der Waals surface area contributed by atoms with E-state index in [4.69, 9.17) is 9.47 Å². The van der Waals surface area contributed by atoms with Crippen LogP contribution in [0.25, 0.3) is 11.1 Å². The van der Waals surface area contributed by atoms with Crippen molar-refractivity contribution in [2.75, 3.05) is 19.7 Å². The third kappa shape index (κ3) is 6.47. The molecule has 0 bridgehead atoms. The quantitative estimate of drug-likeness (QED) is 0.622. The standard InChI is InChI=1S/C28H31FN4O5/c1-28(2,3)38-27(36)33-9-4-10-37-24(16-33)26(35)32-21(14-30)11-19-7-5-18(13-23(19)29)17-6-8-20-15-31-25(34)22(20)12-17/h5-8,12-13,21,24H,4,9-11,15-16H2,1-3H3,(H,31,34)(H,32,35)/t21?,24-/m0/s1. The number of hydrogen-bond acceptors (Lipinski definition) is 6. The van der Waals surface area contributed by atoms with E-state index in [1.54, 1.807) is 39.0 Å². The van der Waals surface area contributed by atoms with E-state index in [9.17, 15) is 19.6 Å². The lowest BCUT2D eigenvalue weighted by molar-refractivity contribution is -0.133. The number of hydrogen-bond donors (Lipinski definition) is 2. The smallest absolute Gasteiger partial charge is 0.410 e. The number of amides is 3. The number of fused-ring (bicyclic) bond motifs is 1. The Bertz CT molecular complexity index is 1280. The van der Waals surface area contributed by atoms with Gasteiger partial charge in [-0.2, -0.15) is 5.26 Å². The van der Waals surface area contributed by atoms with E-state index < -0.39 is 35.6 Å². The minimum absolute atomic E-state index is 0.0131. The van der Waals surface area contributed by atoms with Crippen LogP contribution in [0.1, 0.15) is 48.7 Å². The summed E-state index contributed by atoms with van der Waals surface area (Å²) in [5, 5.41) is 15.0. The van der Waals surface area contributed by atoms with Gasteiger partial charge < -0.3 is 25.0 Å². The van der Waals surface area contributed by atoms with Crippen molar-refractivity contribution in [3.05, 3.63) is 58.9 Å². The molecular weight excluding hydrogens is 491 g/mol. The molecule has 1 fully saturated rings. The summed E-state index contributed by atoms with van der Waals surface area (Å²) >= 11 is 0. The molecule has 0 aliphatic carbocycles. The molecule has 2 N–H and O–H groups in total. The van der Waals surface area contributed by atoms with Crippen LogP contribution >= 0.6 is 0 Å². The van der Waals surface area contributed by atoms with E-state index in [1.807, 2.05) is 18.2 Å². The van der Waals surface area contributed by atoms with Crippen LogP contribution in [0.3, 0.4) is 0 Å². The summed E-state index contributed by atoms with van der Waals surface area (Å²) in [4.78, 5) is 38.8. The van der Waals surface area contributed by atoms with Crippen molar-refractivity contribution in [2.24, 2.45) is 0 Å². The monoisotopic (exact) mass is 522 g/mol. The number of benzene rings is 2. The molecule has 9 nitrogen and oxygen atoms in total. The van der Waals surface area contributed by atoms with Gasteiger partial charge in [-0.25, -0.2) is 9.18 Å². The minimum Gasteiger partial charge on any atom is -0.444 e. The molecule has 3 amide bonds. The van der Waals surface area contributed by atoms with Gasteiger partial charge in [-0.3, -0.25) is 9.59 Å². The molecule has 1 unspecified atom stereocenters. The molecular formula is C28H31FN4O5. The molecule has 2 atom stereocenters. The van der Waals surface area contributed by atoms with Crippen LogP contribution in [-0.2, 0) is 27.2 Å². The van der Waals surface area contributed by atoms with E-state index in [2.05, 4.69) is 10.6 Å². The fourth-order valence-electron chi connectivity index (χ4n) is 4.37. The van der Waals surface area contributed by atoms with Gasteiger partial charge in [0.25, 0.3) is 11.8 Å². The highest BCUT2D eigenvalue weighted by atomic mass is 19.1. The van der Waals surface area contributed by atoms with Crippen molar-refractivity contribution in [3.63, 3.8) is 0 Å². The molecule has 200 valence electrons. The highest BCUT2D eigenvalue weighted by Gasteiger charge is 2.31. The van der Waals surface area contributed by atoms with Gasteiger partial charge in [0.15, 0.2) is 6.10 Å². The molecule has 2 aliphatic heterocycles. The molecule has 1 saturated heterocycles. The molecule has 0 aromatic heterocycles. The lowest BCUT2D eigenvalue weighted by atomic mass is 9.97. The molecule has 10 heteroatoms. The maximum absolute atomic E-state index is 15.0. The average Bonchev–Trinajstić information content (AvgIpc) is 3.07. The Kier molecular flexibility index (Phi) is 7.97. The van der Waals surface area contributed by atoms with Gasteiger partial charge in [0.2, 0.25) is 0 Å². The number of nitrogens with zero attached hydrogens (tertiary/aromatic N) is 2. The van der Waals surface area contributed by atoms with Crippen LogP contribution in [0.5, 0.6) is 0 Å². The second kappa shape index (κ2) is 11.2. The van der Waals surface area contributed by atoms with Gasteiger partial charge in [0, 0.05) is 31.7 Å².